The third-order valence-electron chi connectivity index (χ3n) is 4.39. The van der Waals surface area contributed by atoms with E-state index in [1.54, 1.807) is 11.1 Å². The number of aliphatic imine (C=N–C) groups is 1. The molecule has 132 valence electrons. The second-order valence-corrected chi connectivity index (χ2v) is 5.97. The quantitative estimate of drug-likeness (QED) is 0.699. The summed E-state index contributed by atoms with van der Waals surface area (Å²) in [7, 11) is 0. The maximum absolute atomic E-state index is 13.0. The summed E-state index contributed by atoms with van der Waals surface area (Å²) in [5, 5.41) is 10.7. The first-order chi connectivity index (χ1) is 10.9. The number of carbonyl (C=O) groups is 1. The van der Waals surface area contributed by atoms with Gasteiger partial charge < -0.3 is 20.5 Å². The number of ether oxygens (including phenoxy) is 1. The smallest absolute Gasteiger partial charge is 0.255 e. The maximum atomic E-state index is 13.0. The largest absolute Gasteiger partial charge is 0.384 e. The van der Waals surface area contributed by atoms with Gasteiger partial charge in [0.2, 0.25) is 0 Å². The topological polar surface area (TPSA) is 88.2 Å². The summed E-state index contributed by atoms with van der Waals surface area (Å²) in [5.41, 5.74) is 5.63. The molecule has 1 heterocycles. The molecule has 0 aromatic rings. The molecule has 1 amide bonds. The molecule has 1 aliphatic heterocycles. The van der Waals surface area contributed by atoms with Gasteiger partial charge in [-0.2, -0.15) is 0 Å². The molecule has 1 fully saturated rings. The molecule has 6 heteroatoms. The lowest BCUT2D eigenvalue weighted by Gasteiger charge is -2.39. The van der Waals surface area contributed by atoms with Crippen LogP contribution in [0, 0.1) is 0 Å². The Morgan fingerprint density at radius 1 is 1.43 bits per heavy atom. The number of rotatable bonds is 7. The summed E-state index contributed by atoms with van der Waals surface area (Å²) in [6.07, 6.45) is 3.85. The summed E-state index contributed by atoms with van der Waals surface area (Å²) in [6, 6.07) is -0.192. The molecule has 1 aliphatic rings. The van der Waals surface area contributed by atoms with Crippen LogP contribution in [0.5, 0.6) is 0 Å². The highest BCUT2D eigenvalue weighted by Crippen LogP contribution is 2.27. The highest BCUT2D eigenvalue weighted by Gasteiger charge is 2.42. The van der Waals surface area contributed by atoms with Crippen molar-refractivity contribution in [3.63, 3.8) is 0 Å². The van der Waals surface area contributed by atoms with Crippen molar-refractivity contribution >= 4 is 12.1 Å². The van der Waals surface area contributed by atoms with E-state index in [-0.39, 0.29) is 11.9 Å². The van der Waals surface area contributed by atoms with Gasteiger partial charge in [-0.05, 0) is 32.3 Å². The van der Waals surface area contributed by atoms with Crippen molar-refractivity contribution in [3.05, 3.63) is 11.4 Å². The molecule has 0 aliphatic carbocycles. The van der Waals surface area contributed by atoms with Crippen LogP contribution in [0.25, 0.3) is 0 Å². The molecule has 0 bridgehead atoms. The Balaban J connectivity index is 3.08. The van der Waals surface area contributed by atoms with Crippen LogP contribution in [0.3, 0.4) is 0 Å². The first kappa shape index (κ1) is 19.6. The van der Waals surface area contributed by atoms with Crippen molar-refractivity contribution in [2.75, 3.05) is 19.8 Å². The lowest BCUT2D eigenvalue weighted by atomic mass is 9.91. The Labute approximate surface area is 139 Å². The van der Waals surface area contributed by atoms with Gasteiger partial charge in [0.1, 0.15) is 11.4 Å². The van der Waals surface area contributed by atoms with E-state index >= 15 is 0 Å². The Kier molecular flexibility index (Phi) is 7.72. The molecular formula is C17H31N3O3. The van der Waals surface area contributed by atoms with Gasteiger partial charge in [-0.15, -0.1) is 0 Å². The lowest BCUT2D eigenvalue weighted by molar-refractivity contribution is -0.162. The van der Waals surface area contributed by atoms with Gasteiger partial charge in [-0.25, -0.2) is 4.99 Å². The molecule has 0 saturated carbocycles. The molecule has 1 saturated heterocycles. The summed E-state index contributed by atoms with van der Waals surface area (Å²) in [6.45, 7) is 9.18. The van der Waals surface area contributed by atoms with E-state index in [9.17, 15) is 9.90 Å². The van der Waals surface area contributed by atoms with Gasteiger partial charge in [0, 0.05) is 38.8 Å². The molecule has 0 unspecified atom stereocenters. The normalized spacial score (nSPS) is 20.2. The zero-order chi connectivity index (χ0) is 17.5. The first-order valence-corrected chi connectivity index (χ1v) is 8.49. The summed E-state index contributed by atoms with van der Waals surface area (Å²) >= 11 is 0. The molecule has 0 spiro atoms. The Morgan fingerprint density at radius 3 is 2.52 bits per heavy atom. The third kappa shape index (κ3) is 4.78. The SMILES string of the molecule is CC=NC(N)=C(CC)[C@@H](C)N(CCC)C(=O)C1(O)CCOCC1. The van der Waals surface area contributed by atoms with Gasteiger partial charge in [-0.1, -0.05) is 13.8 Å². The zero-order valence-electron chi connectivity index (χ0n) is 14.8. The monoisotopic (exact) mass is 325 g/mol. The van der Waals surface area contributed by atoms with Gasteiger partial charge in [-0.3, -0.25) is 4.79 Å². The molecule has 1 rings (SSSR count). The van der Waals surface area contributed by atoms with E-state index in [2.05, 4.69) is 4.99 Å². The van der Waals surface area contributed by atoms with Gasteiger partial charge >= 0.3 is 0 Å². The molecule has 1 atom stereocenters. The zero-order valence-corrected chi connectivity index (χ0v) is 14.8. The second-order valence-electron chi connectivity index (χ2n) is 5.97. The highest BCUT2D eigenvalue weighted by molar-refractivity contribution is 5.85. The van der Waals surface area contributed by atoms with Crippen molar-refractivity contribution in [2.45, 2.75) is 65.0 Å². The lowest BCUT2D eigenvalue weighted by Crippen LogP contribution is -2.55. The van der Waals surface area contributed by atoms with Crippen LogP contribution in [0.1, 0.15) is 53.4 Å². The fraction of sp³-hybridized carbons (Fsp3) is 0.765. The Bertz CT molecular complexity index is 454. The predicted octanol–water partition coefficient (Wildman–Crippen LogP) is 1.83. The van der Waals surface area contributed by atoms with Crippen molar-refractivity contribution in [1.82, 2.24) is 4.90 Å². The minimum absolute atomic E-state index is 0.192. The van der Waals surface area contributed by atoms with Crippen LogP contribution < -0.4 is 5.73 Å². The number of hydrogen-bond donors (Lipinski definition) is 2. The fourth-order valence-corrected chi connectivity index (χ4v) is 3.00. The summed E-state index contributed by atoms with van der Waals surface area (Å²) in [4.78, 5) is 18.9. The Morgan fingerprint density at radius 2 is 2.04 bits per heavy atom. The van der Waals surface area contributed by atoms with Crippen molar-refractivity contribution in [3.8, 4) is 0 Å². The van der Waals surface area contributed by atoms with E-state index in [1.165, 1.54) is 0 Å². The number of aliphatic hydroxyl groups is 1. The van der Waals surface area contributed by atoms with Crippen LogP contribution in [0.15, 0.2) is 16.4 Å². The molecule has 0 aromatic heterocycles. The number of hydrogen-bond acceptors (Lipinski definition) is 5. The molecule has 23 heavy (non-hydrogen) atoms. The van der Waals surface area contributed by atoms with Crippen LogP contribution in [-0.2, 0) is 9.53 Å². The van der Waals surface area contributed by atoms with Crippen LogP contribution in [0.4, 0.5) is 0 Å². The molecular weight excluding hydrogens is 294 g/mol. The van der Waals surface area contributed by atoms with Crippen molar-refractivity contribution in [2.24, 2.45) is 10.7 Å². The molecule has 0 radical (unpaired) electrons. The summed E-state index contributed by atoms with van der Waals surface area (Å²) in [5.74, 6) is 0.227. The fourth-order valence-electron chi connectivity index (χ4n) is 3.00. The van der Waals surface area contributed by atoms with Crippen LogP contribution in [0.2, 0.25) is 0 Å². The molecule has 6 nitrogen and oxygen atoms in total. The molecule has 3 N–H and O–H groups in total. The number of amides is 1. The first-order valence-electron chi connectivity index (χ1n) is 8.49. The van der Waals surface area contributed by atoms with Crippen LogP contribution >= 0.6 is 0 Å². The minimum Gasteiger partial charge on any atom is -0.384 e. The third-order valence-corrected chi connectivity index (χ3v) is 4.39. The van der Waals surface area contributed by atoms with E-state index in [1.807, 2.05) is 27.7 Å². The summed E-state index contributed by atoms with van der Waals surface area (Å²) < 4.78 is 5.27. The van der Waals surface area contributed by atoms with E-state index in [4.69, 9.17) is 10.5 Å². The molecule has 0 aromatic carbocycles. The Hall–Kier alpha value is -1.40. The average molecular weight is 325 g/mol. The minimum atomic E-state index is -1.33. The standard InChI is InChI=1S/C17H31N3O3/c1-5-10-20(13(4)14(6-2)15(18)19-7-3)16(21)17(22)8-11-23-12-9-17/h7,13,22H,5-6,8-12,18H2,1-4H3/t13-/m1/s1. The van der Waals surface area contributed by atoms with Gasteiger partial charge in [0.05, 0.1) is 6.04 Å². The van der Waals surface area contributed by atoms with Crippen molar-refractivity contribution in [1.29, 1.82) is 0 Å². The van der Waals surface area contributed by atoms with E-state index < -0.39 is 5.60 Å². The highest BCUT2D eigenvalue weighted by atomic mass is 16.5. The van der Waals surface area contributed by atoms with Crippen LogP contribution in [-0.4, -0.2) is 53.5 Å². The van der Waals surface area contributed by atoms with E-state index in [0.29, 0.717) is 44.8 Å². The average Bonchev–Trinajstić information content (AvgIpc) is 2.53. The number of nitrogens with zero attached hydrogens (tertiary/aromatic N) is 2. The van der Waals surface area contributed by atoms with Gasteiger partial charge in [0.25, 0.3) is 5.91 Å². The predicted molar refractivity (Wildman–Crippen MR) is 92.1 cm³/mol. The van der Waals surface area contributed by atoms with E-state index in [0.717, 1.165) is 12.0 Å². The maximum Gasteiger partial charge on any atom is 0.255 e. The number of carbonyl (C=O) groups excluding carboxylic acids is 1. The second kappa shape index (κ2) is 9.03. The van der Waals surface area contributed by atoms with Gasteiger partial charge in [0.15, 0.2) is 0 Å². The number of nitrogens with two attached hydrogens (primary N) is 1. The van der Waals surface area contributed by atoms with Crippen molar-refractivity contribution < 1.29 is 14.6 Å².